The highest BCUT2D eigenvalue weighted by atomic mass is 79.9. The Kier molecular flexibility index (Phi) is 6.34. The number of methoxy groups -OCH3 is 1. The quantitative estimate of drug-likeness (QED) is 0.717. The fourth-order valence-electron chi connectivity index (χ4n) is 3.24. The zero-order valence-corrected chi connectivity index (χ0v) is 17.1. The summed E-state index contributed by atoms with van der Waals surface area (Å²) < 4.78 is 34.1. The van der Waals surface area contributed by atoms with Crippen molar-refractivity contribution in [1.82, 2.24) is 9.62 Å². The van der Waals surface area contributed by atoms with Gasteiger partial charge < -0.3 is 4.74 Å². The van der Waals surface area contributed by atoms with Crippen molar-refractivity contribution < 1.29 is 13.2 Å². The van der Waals surface area contributed by atoms with Crippen molar-refractivity contribution in [2.24, 2.45) is 0 Å². The molecule has 0 radical (unpaired) electrons. The third-order valence-corrected chi connectivity index (χ3v) is 6.57. The van der Waals surface area contributed by atoms with Gasteiger partial charge in [-0.05, 0) is 61.8 Å². The largest absolute Gasteiger partial charge is 0.497 e. The molecule has 1 aliphatic rings. The van der Waals surface area contributed by atoms with E-state index in [-0.39, 0.29) is 10.9 Å². The minimum atomic E-state index is -3.56. The van der Waals surface area contributed by atoms with Crippen LogP contribution in [0.1, 0.15) is 24.4 Å². The Bertz CT molecular complexity index is 834. The molecule has 0 bridgehead atoms. The number of nitrogens with zero attached hydrogens (tertiary/aromatic N) is 1. The lowest BCUT2D eigenvalue weighted by Crippen LogP contribution is -2.36. The summed E-state index contributed by atoms with van der Waals surface area (Å²) in [5.74, 6) is 0.795. The van der Waals surface area contributed by atoms with Crippen molar-refractivity contribution >= 4 is 26.0 Å². The lowest BCUT2D eigenvalue weighted by atomic mass is 10.1. The Morgan fingerprint density at radius 2 is 1.85 bits per heavy atom. The molecule has 2 aromatic carbocycles. The second kappa shape index (κ2) is 8.52. The fourth-order valence-corrected chi connectivity index (χ4v) is 4.88. The van der Waals surface area contributed by atoms with Crippen LogP contribution in [0.4, 0.5) is 0 Å². The number of nitrogens with one attached hydrogen (secondary N) is 1. The molecule has 1 N–H and O–H groups in total. The molecule has 7 heteroatoms. The highest BCUT2D eigenvalue weighted by Gasteiger charge is 2.25. The Hall–Kier alpha value is -1.41. The fraction of sp³-hybridized carbons (Fsp3) is 0.368. The summed E-state index contributed by atoms with van der Waals surface area (Å²) in [6.45, 7) is 2.30. The minimum Gasteiger partial charge on any atom is -0.497 e. The SMILES string of the molecule is COc1ccc(C(CNS(=O)(=O)c2cccc(Br)c2)N2CCCC2)cc1. The monoisotopic (exact) mass is 438 g/mol. The molecule has 0 aromatic heterocycles. The van der Waals surface area contributed by atoms with E-state index in [2.05, 4.69) is 25.6 Å². The van der Waals surface area contributed by atoms with Gasteiger partial charge in [0.15, 0.2) is 0 Å². The summed E-state index contributed by atoms with van der Waals surface area (Å²) >= 11 is 3.33. The predicted molar refractivity (Wildman–Crippen MR) is 106 cm³/mol. The van der Waals surface area contributed by atoms with E-state index in [1.165, 1.54) is 0 Å². The minimum absolute atomic E-state index is 0.00494. The van der Waals surface area contributed by atoms with Crippen molar-refractivity contribution in [2.75, 3.05) is 26.7 Å². The molecule has 1 fully saturated rings. The second-order valence-electron chi connectivity index (χ2n) is 6.34. The number of benzene rings is 2. The lowest BCUT2D eigenvalue weighted by molar-refractivity contribution is 0.246. The molecule has 5 nitrogen and oxygen atoms in total. The van der Waals surface area contributed by atoms with Crippen molar-refractivity contribution in [3.05, 3.63) is 58.6 Å². The molecule has 140 valence electrons. The first-order valence-corrected chi connectivity index (χ1v) is 10.9. The van der Waals surface area contributed by atoms with E-state index in [0.29, 0.717) is 6.54 Å². The molecule has 0 spiro atoms. The number of likely N-dealkylation sites (tertiary alicyclic amines) is 1. The Balaban J connectivity index is 1.79. The van der Waals surface area contributed by atoms with Crippen LogP contribution in [0.2, 0.25) is 0 Å². The maximum Gasteiger partial charge on any atom is 0.240 e. The molecule has 0 amide bonds. The average Bonchev–Trinajstić information content (AvgIpc) is 3.17. The number of halogens is 1. The Morgan fingerprint density at radius 1 is 1.15 bits per heavy atom. The molecule has 1 heterocycles. The lowest BCUT2D eigenvalue weighted by Gasteiger charge is -2.28. The molecule has 3 rings (SSSR count). The topological polar surface area (TPSA) is 58.6 Å². The summed E-state index contributed by atoms with van der Waals surface area (Å²) in [4.78, 5) is 2.60. The number of hydrogen-bond acceptors (Lipinski definition) is 4. The van der Waals surface area contributed by atoms with Crippen LogP contribution in [-0.2, 0) is 10.0 Å². The Morgan fingerprint density at radius 3 is 2.46 bits per heavy atom. The van der Waals surface area contributed by atoms with Crippen LogP contribution in [0.25, 0.3) is 0 Å². The van der Waals surface area contributed by atoms with Crippen LogP contribution in [-0.4, -0.2) is 40.1 Å². The van der Waals surface area contributed by atoms with E-state index in [1.807, 2.05) is 30.3 Å². The van der Waals surface area contributed by atoms with Crippen molar-refractivity contribution in [1.29, 1.82) is 0 Å². The molecule has 1 unspecified atom stereocenters. The zero-order valence-electron chi connectivity index (χ0n) is 14.7. The van der Waals surface area contributed by atoms with E-state index < -0.39 is 10.0 Å². The molecule has 1 aliphatic heterocycles. The molecular weight excluding hydrogens is 416 g/mol. The standard InChI is InChI=1S/C19H23BrN2O3S/c1-25-17-9-7-15(8-10-17)19(22-11-2-3-12-22)14-21-26(23,24)18-6-4-5-16(20)13-18/h4-10,13,19,21H,2-3,11-12,14H2,1H3. The first-order chi connectivity index (χ1) is 12.5. The second-order valence-corrected chi connectivity index (χ2v) is 9.02. The molecule has 1 saturated heterocycles. The van der Waals surface area contributed by atoms with Gasteiger partial charge in [-0.15, -0.1) is 0 Å². The number of ether oxygens (including phenoxy) is 1. The first kappa shape index (κ1) is 19.4. The highest BCUT2D eigenvalue weighted by molar-refractivity contribution is 9.10. The van der Waals surface area contributed by atoms with Crippen LogP contribution in [0, 0.1) is 0 Å². The summed E-state index contributed by atoms with van der Waals surface area (Å²) in [5, 5.41) is 0. The van der Waals surface area contributed by atoms with E-state index in [1.54, 1.807) is 25.3 Å². The Labute approximate surface area is 163 Å². The van der Waals surface area contributed by atoms with Crippen LogP contribution < -0.4 is 9.46 Å². The molecule has 0 saturated carbocycles. The van der Waals surface area contributed by atoms with Crippen LogP contribution in [0.15, 0.2) is 57.9 Å². The number of hydrogen-bond donors (Lipinski definition) is 1. The van der Waals surface area contributed by atoms with Gasteiger partial charge in [-0.2, -0.15) is 0 Å². The molecule has 26 heavy (non-hydrogen) atoms. The van der Waals surface area contributed by atoms with E-state index >= 15 is 0 Å². The summed E-state index contributed by atoms with van der Waals surface area (Å²) in [6, 6.07) is 14.6. The molecule has 0 aliphatic carbocycles. The summed E-state index contributed by atoms with van der Waals surface area (Å²) in [7, 11) is -1.92. The van der Waals surface area contributed by atoms with Gasteiger partial charge in [-0.3, -0.25) is 4.90 Å². The van der Waals surface area contributed by atoms with E-state index in [4.69, 9.17) is 4.74 Å². The third-order valence-electron chi connectivity index (χ3n) is 4.66. The number of rotatable bonds is 7. The number of sulfonamides is 1. The smallest absolute Gasteiger partial charge is 0.240 e. The molecular formula is C19H23BrN2O3S. The van der Waals surface area contributed by atoms with Crippen molar-refractivity contribution in [3.63, 3.8) is 0 Å². The van der Waals surface area contributed by atoms with Gasteiger partial charge >= 0.3 is 0 Å². The zero-order chi connectivity index (χ0) is 18.6. The molecule has 2 aromatic rings. The van der Waals surface area contributed by atoms with Gasteiger partial charge in [0.05, 0.1) is 12.0 Å². The van der Waals surface area contributed by atoms with Crippen LogP contribution >= 0.6 is 15.9 Å². The van der Waals surface area contributed by atoms with E-state index in [0.717, 1.165) is 41.7 Å². The first-order valence-electron chi connectivity index (χ1n) is 8.63. The van der Waals surface area contributed by atoms with Gasteiger partial charge in [-0.25, -0.2) is 13.1 Å². The molecule has 1 atom stereocenters. The van der Waals surface area contributed by atoms with Crippen LogP contribution in [0.5, 0.6) is 5.75 Å². The van der Waals surface area contributed by atoms with E-state index in [9.17, 15) is 8.42 Å². The van der Waals surface area contributed by atoms with Crippen molar-refractivity contribution in [3.8, 4) is 5.75 Å². The maximum absolute atomic E-state index is 12.7. The predicted octanol–water partition coefficient (Wildman–Crippen LogP) is 3.57. The highest BCUT2D eigenvalue weighted by Crippen LogP contribution is 2.27. The summed E-state index contributed by atoms with van der Waals surface area (Å²) in [5.41, 5.74) is 1.09. The van der Waals surface area contributed by atoms with Crippen LogP contribution in [0.3, 0.4) is 0 Å². The average molecular weight is 439 g/mol. The van der Waals surface area contributed by atoms with Gasteiger partial charge in [0.2, 0.25) is 10.0 Å². The summed E-state index contributed by atoms with van der Waals surface area (Å²) in [6.07, 6.45) is 2.29. The van der Waals surface area contributed by atoms with Gasteiger partial charge in [0.25, 0.3) is 0 Å². The third kappa shape index (κ3) is 4.65. The normalized spacial score (nSPS) is 16.5. The van der Waals surface area contributed by atoms with Gasteiger partial charge in [0, 0.05) is 17.1 Å². The maximum atomic E-state index is 12.7. The van der Waals surface area contributed by atoms with Crippen molar-refractivity contribution in [2.45, 2.75) is 23.8 Å². The van der Waals surface area contributed by atoms with Gasteiger partial charge in [0.1, 0.15) is 5.75 Å². The van der Waals surface area contributed by atoms with Gasteiger partial charge in [-0.1, -0.05) is 34.1 Å².